The van der Waals surface area contributed by atoms with Crippen molar-refractivity contribution in [1.82, 2.24) is 0 Å². The Morgan fingerprint density at radius 1 is 0.565 bits per heavy atom. The van der Waals surface area contributed by atoms with Crippen molar-refractivity contribution in [2.45, 2.75) is 79.1 Å². The van der Waals surface area contributed by atoms with Crippen molar-refractivity contribution in [2.24, 2.45) is 0 Å². The Kier molecular flexibility index (Phi) is 27.8. The summed E-state index contributed by atoms with van der Waals surface area (Å²) in [5.74, 6) is 0. The van der Waals surface area contributed by atoms with Crippen molar-refractivity contribution < 1.29 is 56.0 Å². The van der Waals surface area contributed by atoms with E-state index in [0.717, 1.165) is 51.4 Å². The Labute approximate surface area is 178 Å². The van der Waals surface area contributed by atoms with Gasteiger partial charge < -0.3 is 5.71 Å². The molecular weight excluding hydrogens is 338 g/mol. The van der Waals surface area contributed by atoms with Gasteiger partial charge in [0.25, 0.3) is 0 Å². The van der Waals surface area contributed by atoms with E-state index in [1.807, 2.05) is 0 Å². The van der Waals surface area contributed by atoms with E-state index in [1.54, 1.807) is 0 Å². The molecule has 0 radical (unpaired) electrons. The summed E-state index contributed by atoms with van der Waals surface area (Å²) in [4.78, 5) is 0. The van der Waals surface area contributed by atoms with Crippen LogP contribution in [0.4, 0.5) is 0 Å². The van der Waals surface area contributed by atoms with Crippen LogP contribution < -0.4 is 18.9 Å². The van der Waals surface area contributed by atoms with Crippen molar-refractivity contribution in [3.05, 3.63) is 0 Å². The minimum atomic E-state index is -3.52. The Balaban J connectivity index is -0.000000133. The van der Waals surface area contributed by atoms with Gasteiger partial charge in [0.15, 0.2) is 0 Å². The van der Waals surface area contributed by atoms with Crippen LogP contribution in [0.25, 0.3) is 0 Å². The molecule has 0 aliphatic carbocycles. The monoisotopic (exact) mass is 378 g/mol. The zero-order chi connectivity index (χ0) is 15.8. The SMILES string of the molecule is CCCC[O][Ti]([O]CCCC)([O]CCCC)[O]CCCC.[Al+3].[H-].[H-].[H-].[H-].[Li+]. The minimum Gasteiger partial charge on any atom is -1.00 e. The minimum absolute atomic E-state index is 0. The molecule has 0 bridgehead atoms. The maximum absolute atomic E-state index is 6.03. The first kappa shape index (κ1) is 29.4. The summed E-state index contributed by atoms with van der Waals surface area (Å²) in [6.07, 6.45) is 8.54. The third-order valence-electron chi connectivity index (χ3n) is 3.11. The molecule has 0 rings (SSSR count). The van der Waals surface area contributed by atoms with Crippen LogP contribution in [0.15, 0.2) is 0 Å². The van der Waals surface area contributed by atoms with Gasteiger partial charge in [-0.2, -0.15) is 0 Å². The van der Waals surface area contributed by atoms with Crippen LogP contribution >= 0.6 is 0 Å². The van der Waals surface area contributed by atoms with Gasteiger partial charge in [0.1, 0.15) is 0 Å². The maximum Gasteiger partial charge on any atom is 3.00 e. The summed E-state index contributed by atoms with van der Waals surface area (Å²) in [5.41, 5.74) is 0. The molecule has 0 fully saturated rings. The van der Waals surface area contributed by atoms with E-state index in [2.05, 4.69) is 27.7 Å². The van der Waals surface area contributed by atoms with Crippen LogP contribution in [0.2, 0.25) is 0 Å². The molecule has 7 heteroatoms. The van der Waals surface area contributed by atoms with Gasteiger partial charge in [0, 0.05) is 0 Å². The van der Waals surface area contributed by atoms with Crippen molar-refractivity contribution in [1.29, 1.82) is 0 Å². The molecule has 0 spiro atoms. The van der Waals surface area contributed by atoms with Crippen molar-refractivity contribution in [3.8, 4) is 0 Å². The van der Waals surface area contributed by atoms with Gasteiger partial charge in [0.05, 0.1) is 0 Å². The molecule has 0 saturated carbocycles. The van der Waals surface area contributed by atoms with Crippen LogP contribution in [0.1, 0.15) is 84.8 Å². The Morgan fingerprint density at radius 3 is 0.957 bits per heavy atom. The zero-order valence-electron chi connectivity index (χ0n) is 20.2. The molecular formula is C16H40AlLiO4Ti. The van der Waals surface area contributed by atoms with E-state index in [1.165, 1.54) is 0 Å². The van der Waals surface area contributed by atoms with Crippen molar-refractivity contribution in [2.75, 3.05) is 26.4 Å². The van der Waals surface area contributed by atoms with E-state index in [0.29, 0.717) is 26.4 Å². The summed E-state index contributed by atoms with van der Waals surface area (Å²) in [7, 11) is 0. The third-order valence-corrected chi connectivity index (χ3v) is 6.59. The maximum atomic E-state index is 6.03. The topological polar surface area (TPSA) is 36.9 Å². The smallest absolute Gasteiger partial charge is 1.00 e. The summed E-state index contributed by atoms with van der Waals surface area (Å²) < 4.78 is 24.1. The average Bonchev–Trinajstić information content (AvgIpc) is 2.48. The number of hydrogen-bond donors (Lipinski definition) is 0. The molecule has 23 heavy (non-hydrogen) atoms. The normalized spacial score (nSPS) is 11.0. The number of hydrogen-bond acceptors (Lipinski definition) is 4. The molecule has 0 aromatic carbocycles. The largest absolute Gasteiger partial charge is 3.00 e. The number of unbranched alkanes of at least 4 members (excludes halogenated alkanes) is 4. The van der Waals surface area contributed by atoms with E-state index < -0.39 is 18.1 Å². The predicted octanol–water partition coefficient (Wildman–Crippen LogP) is 2.14. The third kappa shape index (κ3) is 16.9. The van der Waals surface area contributed by atoms with Crippen LogP contribution in [-0.4, -0.2) is 43.8 Å². The molecule has 0 saturated heterocycles. The van der Waals surface area contributed by atoms with E-state index in [9.17, 15) is 0 Å². The van der Waals surface area contributed by atoms with Gasteiger partial charge in [-0.3, -0.25) is 0 Å². The van der Waals surface area contributed by atoms with Crippen LogP contribution in [0.3, 0.4) is 0 Å². The quantitative estimate of drug-likeness (QED) is 0.305. The number of rotatable bonds is 16. The summed E-state index contributed by atoms with van der Waals surface area (Å²) in [6.45, 7) is 11.4. The van der Waals surface area contributed by atoms with Crippen molar-refractivity contribution >= 4 is 17.4 Å². The van der Waals surface area contributed by atoms with Gasteiger partial charge in [-0.05, 0) is 0 Å². The average molecular weight is 378 g/mol. The van der Waals surface area contributed by atoms with Gasteiger partial charge in [-0.25, -0.2) is 0 Å². The first-order chi connectivity index (χ1) is 10.2. The summed E-state index contributed by atoms with van der Waals surface area (Å²) >= 11 is -3.52. The van der Waals surface area contributed by atoms with E-state index in [4.69, 9.17) is 13.3 Å². The molecule has 0 aromatic rings. The fraction of sp³-hybridized carbons (Fsp3) is 1.00. The Bertz CT molecular complexity index is 197. The molecule has 0 amide bonds. The molecule has 0 aliphatic rings. The second-order valence-electron chi connectivity index (χ2n) is 5.31. The van der Waals surface area contributed by atoms with Gasteiger partial charge in [-0.15, -0.1) is 0 Å². The van der Waals surface area contributed by atoms with E-state index in [-0.39, 0.29) is 41.9 Å². The second-order valence-corrected chi connectivity index (χ2v) is 8.67. The predicted molar refractivity (Wildman–Crippen MR) is 93.6 cm³/mol. The van der Waals surface area contributed by atoms with Crippen molar-refractivity contribution in [3.63, 3.8) is 0 Å². The Hall–Kier alpha value is 1.68. The molecule has 0 unspecified atom stereocenters. The zero-order valence-corrected chi connectivity index (χ0v) is 18.9. The van der Waals surface area contributed by atoms with Gasteiger partial charge >= 0.3 is 173 Å². The fourth-order valence-corrected chi connectivity index (χ4v) is 4.86. The molecule has 0 aliphatic heterocycles. The molecule has 4 nitrogen and oxygen atoms in total. The molecule has 136 valence electrons. The summed E-state index contributed by atoms with van der Waals surface area (Å²) in [5, 5.41) is 0. The molecule has 0 aromatic heterocycles. The fourth-order valence-electron chi connectivity index (χ4n) is 1.62. The van der Waals surface area contributed by atoms with E-state index >= 15 is 0 Å². The van der Waals surface area contributed by atoms with Gasteiger partial charge in [-0.1, -0.05) is 0 Å². The molecule has 0 heterocycles. The first-order valence-corrected chi connectivity index (χ1v) is 11.3. The second kappa shape index (κ2) is 21.7. The summed E-state index contributed by atoms with van der Waals surface area (Å²) in [6, 6.07) is 0. The molecule has 0 atom stereocenters. The van der Waals surface area contributed by atoms with Crippen LogP contribution in [0, 0.1) is 0 Å². The van der Waals surface area contributed by atoms with Crippen LogP contribution in [-0.2, 0) is 31.4 Å². The Morgan fingerprint density at radius 2 is 0.783 bits per heavy atom. The van der Waals surface area contributed by atoms with Gasteiger partial charge in [0.2, 0.25) is 0 Å². The van der Waals surface area contributed by atoms with Crippen LogP contribution in [0.5, 0.6) is 0 Å². The first-order valence-electron chi connectivity index (χ1n) is 8.80. The standard InChI is InChI=1S/4C4H9O.Al.Li.Ti.4H/c4*1-2-3-4-5;;;;;;;/h4*2-4H2,1H3;;;;;;;/q4*-1;+3;+1;+4;4*-1. The molecule has 0 N–H and O–H groups in total.